The molecule has 2 aliphatic rings. The summed E-state index contributed by atoms with van der Waals surface area (Å²) in [5, 5.41) is 0. The van der Waals surface area contributed by atoms with E-state index in [1.54, 1.807) is 11.0 Å². The van der Waals surface area contributed by atoms with Crippen molar-refractivity contribution >= 4 is 11.8 Å². The molecule has 6 nitrogen and oxygen atoms in total. The lowest BCUT2D eigenvalue weighted by Crippen LogP contribution is -2.52. The molecule has 0 atom stereocenters. The minimum atomic E-state index is -0.0557. The lowest BCUT2D eigenvalue weighted by atomic mass is 10.2. The van der Waals surface area contributed by atoms with Gasteiger partial charge in [0, 0.05) is 32.1 Å². The lowest BCUT2D eigenvalue weighted by Gasteiger charge is -2.34. The quantitative estimate of drug-likeness (QED) is 0.793. The maximum absolute atomic E-state index is 12.3. The van der Waals surface area contributed by atoms with Crippen LogP contribution in [0.25, 0.3) is 0 Å². The minimum absolute atomic E-state index is 0.0132. The number of carbonyl (C=O) groups is 2. The van der Waals surface area contributed by atoms with Crippen LogP contribution in [0.5, 0.6) is 11.5 Å². The number of hydrogen-bond acceptors (Lipinski definition) is 4. The Morgan fingerprint density at radius 1 is 1.00 bits per heavy atom. The Hall–Kier alpha value is -2.24. The third-order valence-corrected chi connectivity index (χ3v) is 4.37. The highest BCUT2D eigenvalue weighted by atomic mass is 16.5. The van der Waals surface area contributed by atoms with Crippen LogP contribution < -0.4 is 9.47 Å². The third-order valence-electron chi connectivity index (χ3n) is 4.37. The molecule has 0 aromatic heterocycles. The van der Waals surface area contributed by atoms with Gasteiger partial charge < -0.3 is 19.3 Å². The molecule has 2 amide bonds. The Kier molecular flexibility index (Phi) is 5.23. The highest BCUT2D eigenvalue weighted by Gasteiger charge is 2.35. The fraction of sp³-hybridized carbons (Fsp3) is 0.556. The van der Waals surface area contributed by atoms with Crippen molar-refractivity contribution < 1.29 is 19.1 Å². The number of piperazine rings is 1. The number of benzene rings is 1. The van der Waals surface area contributed by atoms with Gasteiger partial charge in [-0.15, -0.1) is 0 Å². The summed E-state index contributed by atoms with van der Waals surface area (Å²) in [6, 6.07) is 7.34. The van der Waals surface area contributed by atoms with Crippen LogP contribution in [0, 0.1) is 5.92 Å². The Morgan fingerprint density at radius 3 is 2.17 bits per heavy atom. The van der Waals surface area contributed by atoms with Crippen molar-refractivity contribution in [3.8, 4) is 11.5 Å². The number of ether oxygens (including phenoxy) is 2. The maximum Gasteiger partial charge on any atom is 0.260 e. The van der Waals surface area contributed by atoms with Crippen LogP contribution in [0.1, 0.15) is 19.8 Å². The second kappa shape index (κ2) is 7.55. The van der Waals surface area contributed by atoms with Gasteiger partial charge in [-0.05, 0) is 31.9 Å². The van der Waals surface area contributed by atoms with E-state index in [0.29, 0.717) is 44.3 Å². The first-order valence-electron chi connectivity index (χ1n) is 8.60. The van der Waals surface area contributed by atoms with Gasteiger partial charge in [0.05, 0.1) is 6.61 Å². The summed E-state index contributed by atoms with van der Waals surface area (Å²) in [5.74, 6) is 1.66. The Morgan fingerprint density at radius 2 is 1.58 bits per heavy atom. The van der Waals surface area contributed by atoms with Crippen LogP contribution >= 0.6 is 0 Å². The standard InChI is InChI=1S/C18H24N2O4/c1-2-23-15-5-3-4-6-16(15)24-13-17(21)19-9-11-20(12-10-19)18(22)14-7-8-14/h3-6,14H,2,7-13H2,1H3. The van der Waals surface area contributed by atoms with Crippen LogP contribution in [-0.2, 0) is 9.59 Å². The first-order valence-corrected chi connectivity index (χ1v) is 8.60. The summed E-state index contributed by atoms with van der Waals surface area (Å²) in [6.45, 7) is 4.84. The van der Waals surface area contributed by atoms with Gasteiger partial charge >= 0.3 is 0 Å². The monoisotopic (exact) mass is 332 g/mol. The number of amides is 2. The van der Waals surface area contributed by atoms with Crippen LogP contribution in [0.2, 0.25) is 0 Å². The molecule has 1 aliphatic heterocycles. The predicted molar refractivity (Wildman–Crippen MR) is 89.0 cm³/mol. The molecule has 1 heterocycles. The highest BCUT2D eigenvalue weighted by Crippen LogP contribution is 2.31. The van der Waals surface area contributed by atoms with E-state index in [1.165, 1.54) is 0 Å². The second-order valence-corrected chi connectivity index (χ2v) is 6.15. The summed E-state index contributed by atoms with van der Waals surface area (Å²) >= 11 is 0. The normalized spacial score (nSPS) is 17.5. The Balaban J connectivity index is 1.47. The fourth-order valence-electron chi connectivity index (χ4n) is 2.84. The van der Waals surface area contributed by atoms with Crippen molar-refractivity contribution in [1.82, 2.24) is 9.80 Å². The van der Waals surface area contributed by atoms with E-state index >= 15 is 0 Å². The largest absolute Gasteiger partial charge is 0.490 e. The lowest BCUT2D eigenvalue weighted by molar-refractivity contribution is -0.141. The second-order valence-electron chi connectivity index (χ2n) is 6.15. The highest BCUT2D eigenvalue weighted by molar-refractivity contribution is 5.82. The van der Waals surface area contributed by atoms with Gasteiger partial charge in [0.1, 0.15) is 0 Å². The fourth-order valence-corrected chi connectivity index (χ4v) is 2.84. The summed E-state index contributed by atoms with van der Waals surface area (Å²) in [4.78, 5) is 28.0. The zero-order valence-electron chi connectivity index (χ0n) is 14.1. The molecule has 1 saturated carbocycles. The van der Waals surface area contributed by atoms with Gasteiger partial charge in [-0.2, -0.15) is 0 Å². The molecule has 2 fully saturated rings. The number of rotatable bonds is 6. The van der Waals surface area contributed by atoms with E-state index in [4.69, 9.17) is 9.47 Å². The van der Waals surface area contributed by atoms with Crippen LogP contribution in [0.3, 0.4) is 0 Å². The molecule has 6 heteroatoms. The van der Waals surface area contributed by atoms with E-state index in [-0.39, 0.29) is 24.3 Å². The number of para-hydroxylation sites is 2. The van der Waals surface area contributed by atoms with E-state index in [0.717, 1.165) is 12.8 Å². The molecule has 0 radical (unpaired) electrons. The summed E-state index contributed by atoms with van der Waals surface area (Å²) in [6.07, 6.45) is 2.04. The molecule has 3 rings (SSSR count). The Bertz CT molecular complexity index is 592. The van der Waals surface area contributed by atoms with Gasteiger partial charge in [0.15, 0.2) is 18.1 Å². The van der Waals surface area contributed by atoms with E-state index in [1.807, 2.05) is 30.0 Å². The average Bonchev–Trinajstić information content (AvgIpc) is 3.45. The van der Waals surface area contributed by atoms with Gasteiger partial charge in [-0.25, -0.2) is 0 Å². The van der Waals surface area contributed by atoms with Crippen molar-refractivity contribution in [3.63, 3.8) is 0 Å². The van der Waals surface area contributed by atoms with E-state index in [9.17, 15) is 9.59 Å². The van der Waals surface area contributed by atoms with Gasteiger partial charge in [-0.1, -0.05) is 12.1 Å². The van der Waals surface area contributed by atoms with Gasteiger partial charge in [-0.3, -0.25) is 9.59 Å². The summed E-state index contributed by atoms with van der Waals surface area (Å²) < 4.78 is 11.1. The van der Waals surface area contributed by atoms with Gasteiger partial charge in [0.25, 0.3) is 5.91 Å². The smallest absolute Gasteiger partial charge is 0.260 e. The molecule has 0 spiro atoms. The molecule has 24 heavy (non-hydrogen) atoms. The van der Waals surface area contributed by atoms with Crippen molar-refractivity contribution in [1.29, 1.82) is 0 Å². The number of nitrogens with zero attached hydrogens (tertiary/aromatic N) is 2. The summed E-state index contributed by atoms with van der Waals surface area (Å²) in [7, 11) is 0. The topological polar surface area (TPSA) is 59.1 Å². The van der Waals surface area contributed by atoms with Crippen molar-refractivity contribution in [2.75, 3.05) is 39.4 Å². The first kappa shape index (κ1) is 16.6. The van der Waals surface area contributed by atoms with Gasteiger partial charge in [0.2, 0.25) is 5.91 Å². The molecular weight excluding hydrogens is 308 g/mol. The first-order chi connectivity index (χ1) is 11.7. The molecule has 0 bridgehead atoms. The molecule has 130 valence electrons. The molecule has 1 aliphatic carbocycles. The molecular formula is C18H24N2O4. The molecule has 1 aromatic carbocycles. The van der Waals surface area contributed by atoms with Crippen molar-refractivity contribution in [2.24, 2.45) is 5.92 Å². The van der Waals surface area contributed by atoms with E-state index < -0.39 is 0 Å². The maximum atomic E-state index is 12.3. The predicted octanol–water partition coefficient (Wildman–Crippen LogP) is 1.54. The van der Waals surface area contributed by atoms with Crippen molar-refractivity contribution in [2.45, 2.75) is 19.8 Å². The minimum Gasteiger partial charge on any atom is -0.490 e. The molecule has 0 N–H and O–H groups in total. The zero-order valence-corrected chi connectivity index (χ0v) is 14.1. The Labute approximate surface area is 142 Å². The SMILES string of the molecule is CCOc1ccccc1OCC(=O)N1CCN(C(=O)C2CC2)CC1. The third kappa shape index (κ3) is 3.99. The van der Waals surface area contributed by atoms with Crippen LogP contribution in [0.4, 0.5) is 0 Å². The molecule has 1 saturated heterocycles. The average molecular weight is 332 g/mol. The number of carbonyl (C=O) groups excluding carboxylic acids is 2. The van der Waals surface area contributed by atoms with Crippen LogP contribution in [0.15, 0.2) is 24.3 Å². The summed E-state index contributed by atoms with van der Waals surface area (Å²) in [5.41, 5.74) is 0. The van der Waals surface area contributed by atoms with Crippen LogP contribution in [-0.4, -0.2) is 61.0 Å². The number of hydrogen-bond donors (Lipinski definition) is 0. The molecule has 1 aromatic rings. The van der Waals surface area contributed by atoms with E-state index in [2.05, 4.69) is 0 Å². The molecule has 0 unspecified atom stereocenters. The van der Waals surface area contributed by atoms with Crippen molar-refractivity contribution in [3.05, 3.63) is 24.3 Å². The zero-order chi connectivity index (χ0) is 16.9.